The third-order valence-electron chi connectivity index (χ3n) is 6.89. The number of carbonyl (C=O) groups is 2. The van der Waals surface area contributed by atoms with Gasteiger partial charge in [-0.3, -0.25) is 4.79 Å². The molecular formula is C25H20F2N4O4. The number of nitrogens with zero attached hydrogens (tertiary/aromatic N) is 1. The van der Waals surface area contributed by atoms with Gasteiger partial charge in [-0.05, 0) is 55.2 Å². The third kappa shape index (κ3) is 3.61. The van der Waals surface area contributed by atoms with Crippen LogP contribution in [0, 0.1) is 17.6 Å². The Morgan fingerprint density at radius 1 is 1.20 bits per heavy atom. The quantitative estimate of drug-likeness (QED) is 0.434. The number of anilines is 2. The molecular weight excluding hydrogens is 458 g/mol. The number of hydrogen-bond donors (Lipinski definition) is 4. The zero-order valence-electron chi connectivity index (χ0n) is 18.3. The van der Waals surface area contributed by atoms with Crippen molar-refractivity contribution in [2.75, 3.05) is 10.6 Å². The van der Waals surface area contributed by atoms with E-state index in [0.717, 1.165) is 18.1 Å². The fourth-order valence-corrected chi connectivity index (χ4v) is 4.91. The standard InChI is InChI=1S/C25H20F2N4O4/c26-16-2-1-3-17(22(16)27)29-24(34)31-25-11-15(25)21(25)14-10-12(4-6-18(14)32)35-19-8-9-28-23-13(19)5-7-20(33)30-23/h1-4,6,8-10,15,21,32H,5,7,11H2,(H,28,30,33)(H2,29,31,34). The summed E-state index contributed by atoms with van der Waals surface area (Å²) < 4.78 is 33.4. The minimum Gasteiger partial charge on any atom is -0.508 e. The number of aromatic hydroxyl groups is 1. The average Bonchev–Trinajstić information content (AvgIpc) is 3.69. The first-order valence-electron chi connectivity index (χ1n) is 11.2. The molecule has 2 aliphatic carbocycles. The first-order chi connectivity index (χ1) is 16.9. The zero-order chi connectivity index (χ0) is 24.3. The van der Waals surface area contributed by atoms with E-state index < -0.39 is 23.2 Å². The van der Waals surface area contributed by atoms with Crippen molar-refractivity contribution < 1.29 is 28.2 Å². The lowest BCUT2D eigenvalue weighted by Gasteiger charge is -2.20. The number of pyridine rings is 1. The summed E-state index contributed by atoms with van der Waals surface area (Å²) in [7, 11) is 0. The maximum atomic E-state index is 13.9. The summed E-state index contributed by atoms with van der Waals surface area (Å²) in [5.74, 6) is -0.636. The Labute approximate surface area is 198 Å². The lowest BCUT2D eigenvalue weighted by Crippen LogP contribution is -2.36. The molecule has 3 amide bonds. The average molecular weight is 478 g/mol. The van der Waals surface area contributed by atoms with Gasteiger partial charge in [0.05, 0.1) is 11.2 Å². The van der Waals surface area contributed by atoms with Crippen molar-refractivity contribution in [3.8, 4) is 17.2 Å². The highest BCUT2D eigenvalue weighted by atomic mass is 19.2. The van der Waals surface area contributed by atoms with Gasteiger partial charge in [-0.1, -0.05) is 6.07 Å². The van der Waals surface area contributed by atoms with Gasteiger partial charge in [0.2, 0.25) is 5.91 Å². The van der Waals surface area contributed by atoms with Crippen molar-refractivity contribution >= 4 is 23.4 Å². The van der Waals surface area contributed by atoms with E-state index in [2.05, 4.69) is 20.9 Å². The van der Waals surface area contributed by atoms with Gasteiger partial charge in [-0.2, -0.15) is 0 Å². The number of benzene rings is 2. The molecule has 0 saturated heterocycles. The number of ether oxygens (including phenoxy) is 1. The van der Waals surface area contributed by atoms with Gasteiger partial charge in [0.25, 0.3) is 0 Å². The highest BCUT2D eigenvalue weighted by Gasteiger charge is 2.80. The first kappa shape index (κ1) is 21.3. The summed E-state index contributed by atoms with van der Waals surface area (Å²) in [5.41, 5.74) is 0.649. The largest absolute Gasteiger partial charge is 0.508 e. The number of amides is 3. The summed E-state index contributed by atoms with van der Waals surface area (Å²) >= 11 is 0. The fraction of sp³-hybridized carbons (Fsp3) is 0.240. The Bertz CT molecular complexity index is 1400. The monoisotopic (exact) mass is 478 g/mol. The van der Waals surface area contributed by atoms with Crippen molar-refractivity contribution in [1.82, 2.24) is 10.3 Å². The Hall–Kier alpha value is -4.21. The van der Waals surface area contributed by atoms with E-state index in [0.29, 0.717) is 35.7 Å². The van der Waals surface area contributed by atoms with Crippen LogP contribution in [0.4, 0.5) is 25.1 Å². The fourth-order valence-electron chi connectivity index (χ4n) is 4.91. The van der Waals surface area contributed by atoms with Gasteiger partial charge in [0, 0.05) is 29.7 Å². The highest BCUT2D eigenvalue weighted by molar-refractivity contribution is 5.93. The van der Waals surface area contributed by atoms with Crippen molar-refractivity contribution in [2.24, 2.45) is 5.92 Å². The number of phenols is 1. The minimum atomic E-state index is -1.12. The molecule has 2 aromatic carbocycles. The normalized spacial score (nSPS) is 23.4. The molecule has 8 nitrogen and oxygen atoms in total. The summed E-state index contributed by atoms with van der Waals surface area (Å²) in [5, 5.41) is 18.4. The van der Waals surface area contributed by atoms with E-state index in [1.807, 2.05) is 0 Å². The van der Waals surface area contributed by atoms with E-state index in [1.54, 1.807) is 24.4 Å². The van der Waals surface area contributed by atoms with Crippen LogP contribution >= 0.6 is 0 Å². The number of halogens is 2. The van der Waals surface area contributed by atoms with Crippen molar-refractivity contribution in [2.45, 2.75) is 30.7 Å². The number of aromatic nitrogens is 1. The maximum Gasteiger partial charge on any atom is 0.319 e. The molecule has 3 aliphatic rings. The molecule has 0 spiro atoms. The molecule has 2 heterocycles. The van der Waals surface area contributed by atoms with Crippen LogP contribution < -0.4 is 20.7 Å². The number of rotatable bonds is 5. The van der Waals surface area contributed by atoms with E-state index in [9.17, 15) is 23.5 Å². The molecule has 1 aliphatic heterocycles. The lowest BCUT2D eigenvalue weighted by atomic mass is 9.99. The number of carbonyl (C=O) groups excluding carboxylic acids is 2. The lowest BCUT2D eigenvalue weighted by molar-refractivity contribution is -0.116. The van der Waals surface area contributed by atoms with Crippen LogP contribution in [0.5, 0.6) is 17.2 Å². The van der Waals surface area contributed by atoms with E-state index >= 15 is 0 Å². The molecule has 0 radical (unpaired) electrons. The van der Waals surface area contributed by atoms with Crippen LogP contribution in [0.2, 0.25) is 0 Å². The second-order valence-electron chi connectivity index (χ2n) is 9.02. The van der Waals surface area contributed by atoms with Crippen LogP contribution in [-0.2, 0) is 11.2 Å². The first-order valence-corrected chi connectivity index (χ1v) is 11.2. The van der Waals surface area contributed by atoms with Crippen LogP contribution in [0.3, 0.4) is 0 Å². The van der Waals surface area contributed by atoms with Crippen LogP contribution in [0.1, 0.15) is 29.9 Å². The molecule has 4 N–H and O–H groups in total. The van der Waals surface area contributed by atoms with Crippen molar-refractivity contribution in [3.63, 3.8) is 0 Å². The predicted molar refractivity (Wildman–Crippen MR) is 121 cm³/mol. The molecule has 178 valence electrons. The number of hydrogen-bond acceptors (Lipinski definition) is 5. The van der Waals surface area contributed by atoms with Crippen molar-refractivity contribution in [1.29, 1.82) is 0 Å². The number of phenolic OH excluding ortho intramolecular Hbond substituents is 1. The SMILES string of the molecule is O=C1CCc2c(Oc3ccc(O)c(C4C5CC54NC(=O)Nc4cccc(F)c4F)c3)ccnc2N1. The van der Waals surface area contributed by atoms with Crippen LogP contribution in [0.25, 0.3) is 0 Å². The van der Waals surface area contributed by atoms with Crippen LogP contribution in [0.15, 0.2) is 48.7 Å². The second kappa shape index (κ2) is 7.66. The summed E-state index contributed by atoms with van der Waals surface area (Å²) in [6.45, 7) is 0. The van der Waals surface area contributed by atoms with Gasteiger partial charge in [-0.25, -0.2) is 18.6 Å². The summed E-state index contributed by atoms with van der Waals surface area (Å²) in [6.07, 6.45) is 3.12. The van der Waals surface area contributed by atoms with Crippen LogP contribution in [-0.4, -0.2) is 27.6 Å². The molecule has 2 fully saturated rings. The van der Waals surface area contributed by atoms with Crippen molar-refractivity contribution in [3.05, 3.63) is 71.4 Å². The van der Waals surface area contributed by atoms with Gasteiger partial charge in [0.15, 0.2) is 11.6 Å². The molecule has 3 unspecified atom stereocenters. The van der Waals surface area contributed by atoms with Gasteiger partial charge in [-0.15, -0.1) is 0 Å². The Balaban J connectivity index is 1.18. The molecule has 3 atom stereocenters. The highest BCUT2D eigenvalue weighted by Crippen LogP contribution is 2.77. The van der Waals surface area contributed by atoms with E-state index in [4.69, 9.17) is 4.74 Å². The van der Waals surface area contributed by atoms with Gasteiger partial charge in [0.1, 0.15) is 23.1 Å². The zero-order valence-corrected chi connectivity index (χ0v) is 18.3. The molecule has 35 heavy (non-hydrogen) atoms. The maximum absolute atomic E-state index is 13.9. The molecule has 6 rings (SSSR count). The summed E-state index contributed by atoms with van der Waals surface area (Å²) in [4.78, 5) is 28.3. The third-order valence-corrected chi connectivity index (χ3v) is 6.89. The smallest absolute Gasteiger partial charge is 0.319 e. The Morgan fingerprint density at radius 3 is 2.89 bits per heavy atom. The summed E-state index contributed by atoms with van der Waals surface area (Å²) in [6, 6.07) is 9.54. The van der Waals surface area contributed by atoms with Gasteiger partial charge < -0.3 is 25.8 Å². The number of urea groups is 1. The van der Waals surface area contributed by atoms with Gasteiger partial charge >= 0.3 is 6.03 Å². The minimum absolute atomic E-state index is 0.0799. The molecule has 3 aromatic rings. The topological polar surface area (TPSA) is 113 Å². The molecule has 0 bridgehead atoms. The predicted octanol–water partition coefficient (Wildman–Crippen LogP) is 4.42. The molecule has 10 heteroatoms. The van der Waals surface area contributed by atoms with E-state index in [1.165, 1.54) is 18.2 Å². The second-order valence-corrected chi connectivity index (χ2v) is 9.02. The van der Waals surface area contributed by atoms with E-state index in [-0.39, 0.29) is 29.2 Å². The number of nitrogens with one attached hydrogen (secondary N) is 3. The number of fused-ring (bicyclic) bond motifs is 2. The Morgan fingerprint density at radius 2 is 2.06 bits per heavy atom. The molecule has 2 saturated carbocycles. The molecule has 1 aromatic heterocycles. The Kier molecular flexibility index (Phi) is 4.67.